The van der Waals surface area contributed by atoms with Crippen LogP contribution in [-0.2, 0) is 12.0 Å². The number of aliphatic hydroxyl groups is 1. The van der Waals surface area contributed by atoms with Crippen LogP contribution in [0.1, 0.15) is 36.0 Å². The topological polar surface area (TPSA) is 51.2 Å². The second-order valence-electron chi connectivity index (χ2n) is 9.98. The number of nitrogens with zero attached hydrogens (tertiary/aromatic N) is 1. The Morgan fingerprint density at radius 2 is 1.15 bits per heavy atom. The van der Waals surface area contributed by atoms with Crippen LogP contribution in [0.15, 0.2) is 72.8 Å². The molecule has 3 aromatic rings. The zero-order chi connectivity index (χ0) is 29.7. The van der Waals surface area contributed by atoms with Gasteiger partial charge in [0.15, 0.2) is 0 Å². The van der Waals surface area contributed by atoms with Gasteiger partial charge in [0.25, 0.3) is 0 Å². The standard InChI is InChI=1S/C30H31F6NO4/c1-39-25-10-4-21(5-11-25)3-2-18-37-19-16-24(17-20-37)28(38,22-6-12-26(13-7-22)40-29(31,32)33)23-8-14-27(15-9-23)41-30(34,35)36/h4-15,24,38H,2-3,16-20H2,1H3. The quantitative estimate of drug-likeness (QED) is 0.259. The number of alkyl halides is 6. The number of hydrogen-bond acceptors (Lipinski definition) is 5. The van der Waals surface area contributed by atoms with Gasteiger partial charge in [-0.2, -0.15) is 0 Å². The minimum absolute atomic E-state index is 0.314. The van der Waals surface area contributed by atoms with Gasteiger partial charge in [-0.25, -0.2) is 0 Å². The largest absolute Gasteiger partial charge is 0.573 e. The summed E-state index contributed by atoms with van der Waals surface area (Å²) < 4.78 is 89.1. The van der Waals surface area contributed by atoms with E-state index in [1.54, 1.807) is 7.11 Å². The molecule has 4 rings (SSSR count). The Morgan fingerprint density at radius 1 is 0.707 bits per heavy atom. The Bertz CT molecular complexity index is 1180. The molecule has 3 aromatic carbocycles. The normalized spacial score (nSPS) is 15.5. The van der Waals surface area contributed by atoms with Gasteiger partial charge in [-0.1, -0.05) is 36.4 Å². The highest BCUT2D eigenvalue weighted by atomic mass is 19.4. The van der Waals surface area contributed by atoms with Gasteiger partial charge >= 0.3 is 12.7 Å². The molecule has 1 aliphatic rings. The van der Waals surface area contributed by atoms with Crippen LogP contribution < -0.4 is 14.2 Å². The van der Waals surface area contributed by atoms with Crippen molar-refractivity contribution in [3.05, 3.63) is 89.5 Å². The summed E-state index contributed by atoms with van der Waals surface area (Å²) in [5.41, 5.74) is 0.165. The Labute approximate surface area is 234 Å². The van der Waals surface area contributed by atoms with Gasteiger partial charge in [0.05, 0.1) is 7.11 Å². The van der Waals surface area contributed by atoms with Crippen molar-refractivity contribution < 1.29 is 45.7 Å². The summed E-state index contributed by atoms with van der Waals surface area (Å²) in [4.78, 5) is 2.29. The highest BCUT2D eigenvalue weighted by molar-refractivity contribution is 5.42. The van der Waals surface area contributed by atoms with Crippen molar-refractivity contribution in [2.24, 2.45) is 5.92 Å². The molecule has 0 saturated carbocycles. The molecule has 222 valence electrons. The number of hydrogen-bond donors (Lipinski definition) is 1. The number of aryl methyl sites for hydroxylation is 1. The second kappa shape index (κ2) is 12.6. The maximum absolute atomic E-state index is 12.7. The van der Waals surface area contributed by atoms with Crippen molar-refractivity contribution in [2.75, 3.05) is 26.7 Å². The van der Waals surface area contributed by atoms with Crippen LogP contribution in [0.3, 0.4) is 0 Å². The minimum atomic E-state index is -4.87. The number of methoxy groups -OCH3 is 1. The summed E-state index contributed by atoms with van der Waals surface area (Å²) in [5.74, 6) is -0.425. The van der Waals surface area contributed by atoms with E-state index in [9.17, 15) is 31.4 Å². The van der Waals surface area contributed by atoms with Crippen molar-refractivity contribution in [1.29, 1.82) is 0 Å². The number of benzene rings is 3. The SMILES string of the molecule is COc1ccc(CCCN2CCC(C(O)(c3ccc(OC(F)(F)F)cc3)c3ccc(OC(F)(F)F)cc3)CC2)cc1. The lowest BCUT2D eigenvalue weighted by Gasteiger charge is -2.42. The van der Waals surface area contributed by atoms with Gasteiger partial charge in [-0.15, -0.1) is 26.3 Å². The third-order valence-electron chi connectivity index (χ3n) is 7.33. The van der Waals surface area contributed by atoms with E-state index >= 15 is 0 Å². The lowest BCUT2D eigenvalue weighted by molar-refractivity contribution is -0.275. The number of likely N-dealkylation sites (tertiary alicyclic amines) is 1. The zero-order valence-electron chi connectivity index (χ0n) is 22.3. The summed E-state index contributed by atoms with van der Waals surface area (Å²) >= 11 is 0. The van der Waals surface area contributed by atoms with Crippen molar-refractivity contribution in [2.45, 2.75) is 44.0 Å². The van der Waals surface area contributed by atoms with Crippen molar-refractivity contribution in [3.63, 3.8) is 0 Å². The van der Waals surface area contributed by atoms with E-state index in [2.05, 4.69) is 14.4 Å². The van der Waals surface area contributed by atoms with Crippen LogP contribution in [0.4, 0.5) is 26.3 Å². The number of ether oxygens (including phenoxy) is 3. The Morgan fingerprint density at radius 3 is 1.56 bits per heavy atom. The van der Waals surface area contributed by atoms with Crippen LogP contribution in [0, 0.1) is 5.92 Å². The van der Waals surface area contributed by atoms with Crippen molar-refractivity contribution >= 4 is 0 Å². The fourth-order valence-corrected chi connectivity index (χ4v) is 5.33. The van der Waals surface area contributed by atoms with E-state index in [4.69, 9.17) is 4.74 Å². The molecule has 5 nitrogen and oxygen atoms in total. The molecule has 0 amide bonds. The van der Waals surface area contributed by atoms with E-state index in [1.165, 1.54) is 29.8 Å². The molecule has 0 spiro atoms. The summed E-state index contributed by atoms with van der Waals surface area (Å²) in [5, 5.41) is 12.1. The first-order chi connectivity index (χ1) is 19.4. The summed E-state index contributed by atoms with van der Waals surface area (Å²) in [6, 6.07) is 17.8. The lowest BCUT2D eigenvalue weighted by Crippen LogP contribution is -2.44. The summed E-state index contributed by atoms with van der Waals surface area (Å²) in [6.45, 7) is 2.21. The average Bonchev–Trinajstić information content (AvgIpc) is 2.92. The molecule has 0 unspecified atom stereocenters. The number of piperidine rings is 1. The van der Waals surface area contributed by atoms with E-state index in [0.717, 1.165) is 49.4 Å². The highest BCUT2D eigenvalue weighted by Crippen LogP contribution is 2.43. The summed E-state index contributed by atoms with van der Waals surface area (Å²) in [6.07, 6.45) is -6.77. The van der Waals surface area contributed by atoms with Crippen LogP contribution in [0.2, 0.25) is 0 Å². The molecule has 0 aliphatic carbocycles. The molecule has 1 fully saturated rings. The fourth-order valence-electron chi connectivity index (χ4n) is 5.33. The summed E-state index contributed by atoms with van der Waals surface area (Å²) in [7, 11) is 1.62. The third kappa shape index (κ3) is 8.29. The van der Waals surface area contributed by atoms with Crippen LogP contribution in [-0.4, -0.2) is 49.5 Å². The molecule has 0 radical (unpaired) electrons. The molecule has 1 N–H and O–H groups in total. The fraction of sp³-hybridized carbons (Fsp3) is 0.400. The molecular weight excluding hydrogens is 552 g/mol. The predicted octanol–water partition coefficient (Wildman–Crippen LogP) is 7.07. The predicted molar refractivity (Wildman–Crippen MR) is 140 cm³/mol. The van der Waals surface area contributed by atoms with Gasteiger partial charge in [-0.05, 0) is 104 Å². The first-order valence-electron chi connectivity index (χ1n) is 13.2. The number of rotatable bonds is 10. The molecule has 41 heavy (non-hydrogen) atoms. The van der Waals surface area contributed by atoms with Gasteiger partial charge in [0.1, 0.15) is 22.8 Å². The molecule has 1 saturated heterocycles. The lowest BCUT2D eigenvalue weighted by atomic mass is 9.72. The van der Waals surface area contributed by atoms with Crippen molar-refractivity contribution in [3.8, 4) is 17.2 Å². The van der Waals surface area contributed by atoms with Crippen molar-refractivity contribution in [1.82, 2.24) is 4.90 Å². The van der Waals surface area contributed by atoms with E-state index in [0.29, 0.717) is 37.1 Å². The van der Waals surface area contributed by atoms with Gasteiger partial charge in [-0.3, -0.25) is 0 Å². The Hall–Kier alpha value is -3.44. The molecular formula is C30H31F6NO4. The van der Waals surface area contributed by atoms with Crippen LogP contribution in [0.25, 0.3) is 0 Å². The van der Waals surface area contributed by atoms with E-state index in [-0.39, 0.29) is 5.92 Å². The smallest absolute Gasteiger partial charge is 0.497 e. The second-order valence-corrected chi connectivity index (χ2v) is 9.98. The Kier molecular flexibility index (Phi) is 9.38. The van der Waals surface area contributed by atoms with Crippen LogP contribution >= 0.6 is 0 Å². The first kappa shape index (κ1) is 30.5. The van der Waals surface area contributed by atoms with Gasteiger partial charge < -0.3 is 24.2 Å². The average molecular weight is 584 g/mol. The monoisotopic (exact) mass is 583 g/mol. The Balaban J connectivity index is 1.47. The molecule has 0 bridgehead atoms. The van der Waals surface area contributed by atoms with E-state index in [1.807, 2.05) is 24.3 Å². The van der Waals surface area contributed by atoms with Gasteiger partial charge in [0, 0.05) is 0 Å². The molecule has 1 aliphatic heterocycles. The minimum Gasteiger partial charge on any atom is -0.497 e. The maximum atomic E-state index is 12.7. The van der Waals surface area contributed by atoms with E-state index < -0.39 is 29.8 Å². The molecule has 11 heteroatoms. The number of halogens is 6. The first-order valence-corrected chi connectivity index (χ1v) is 13.2. The highest BCUT2D eigenvalue weighted by Gasteiger charge is 2.42. The third-order valence-corrected chi connectivity index (χ3v) is 7.33. The zero-order valence-corrected chi connectivity index (χ0v) is 22.3. The maximum Gasteiger partial charge on any atom is 0.573 e. The molecule has 0 aromatic heterocycles. The van der Waals surface area contributed by atoms with Crippen LogP contribution in [0.5, 0.6) is 17.2 Å². The van der Waals surface area contributed by atoms with Gasteiger partial charge in [0.2, 0.25) is 0 Å². The molecule has 0 atom stereocenters. The molecule has 1 heterocycles.